The highest BCUT2D eigenvalue weighted by molar-refractivity contribution is 7.10. The van der Waals surface area contributed by atoms with Crippen LogP contribution in [-0.2, 0) is 14.4 Å². The highest BCUT2D eigenvalue weighted by Crippen LogP contribution is 2.38. The van der Waals surface area contributed by atoms with Crippen molar-refractivity contribution in [2.45, 2.75) is 57.2 Å². The van der Waals surface area contributed by atoms with Crippen molar-refractivity contribution < 1.29 is 14.4 Å². The van der Waals surface area contributed by atoms with Gasteiger partial charge in [0.25, 0.3) is 0 Å². The Kier molecular flexibility index (Phi) is 7.48. The highest BCUT2D eigenvalue weighted by atomic mass is 32.1. The number of ketones is 1. The quantitative estimate of drug-likeness (QED) is 0.454. The number of nitrogens with zero attached hydrogens (tertiary/aromatic N) is 2. The normalized spacial score (nSPS) is 19.5. The first-order chi connectivity index (χ1) is 18.0. The van der Waals surface area contributed by atoms with Gasteiger partial charge in [-0.25, -0.2) is 4.98 Å². The summed E-state index contributed by atoms with van der Waals surface area (Å²) in [5.74, 6) is -0.198. The summed E-state index contributed by atoms with van der Waals surface area (Å²) in [7, 11) is 1.71. The standard InChI is InChI=1S/C29H32N4O3S/c1-18(30-2)27(35)32-26(20-12-14-21(34)15-13-20)29(36)33-16-6-11-25(33)28-31-24(17-37-28)23-10-5-8-19-7-3-4-9-22(19)23/h3-5,7-10,12,17-18,25-26,30H,6,11,13-16H2,1-2H3,(H,32,35)/t18-,25-,26-/m0/s1. The first-order valence-corrected chi connectivity index (χ1v) is 13.8. The van der Waals surface area contributed by atoms with E-state index >= 15 is 0 Å². The molecule has 2 aromatic carbocycles. The topological polar surface area (TPSA) is 91.4 Å². The van der Waals surface area contributed by atoms with Crippen LogP contribution in [0.1, 0.15) is 50.1 Å². The van der Waals surface area contributed by atoms with Gasteiger partial charge >= 0.3 is 0 Å². The van der Waals surface area contributed by atoms with E-state index in [1.54, 1.807) is 25.3 Å². The molecule has 1 fully saturated rings. The van der Waals surface area contributed by atoms with E-state index < -0.39 is 12.1 Å². The number of likely N-dealkylation sites (tertiary alicyclic amines) is 1. The summed E-state index contributed by atoms with van der Waals surface area (Å²) in [6, 6.07) is 13.2. The van der Waals surface area contributed by atoms with Crippen molar-refractivity contribution in [1.82, 2.24) is 20.5 Å². The van der Waals surface area contributed by atoms with E-state index in [9.17, 15) is 14.4 Å². The summed E-state index contributed by atoms with van der Waals surface area (Å²) in [5.41, 5.74) is 2.82. The van der Waals surface area contributed by atoms with Gasteiger partial charge in [-0.3, -0.25) is 14.4 Å². The van der Waals surface area contributed by atoms with Gasteiger partial charge in [0.2, 0.25) is 11.8 Å². The molecule has 0 radical (unpaired) electrons. The smallest absolute Gasteiger partial charge is 0.250 e. The van der Waals surface area contributed by atoms with Crippen molar-refractivity contribution in [2.75, 3.05) is 13.6 Å². The number of hydrogen-bond donors (Lipinski definition) is 2. The molecule has 3 aromatic rings. The molecule has 37 heavy (non-hydrogen) atoms. The van der Waals surface area contributed by atoms with Crippen LogP contribution >= 0.6 is 11.3 Å². The molecule has 7 nitrogen and oxygen atoms in total. The van der Waals surface area contributed by atoms with Gasteiger partial charge in [-0.15, -0.1) is 11.3 Å². The molecule has 2 aliphatic rings. The lowest BCUT2D eigenvalue weighted by molar-refractivity contribution is -0.136. The molecule has 0 saturated carbocycles. The van der Waals surface area contributed by atoms with Crippen molar-refractivity contribution >= 4 is 39.7 Å². The Bertz CT molecular complexity index is 1360. The molecule has 192 valence electrons. The van der Waals surface area contributed by atoms with Crippen LogP contribution in [0.3, 0.4) is 0 Å². The molecule has 0 spiro atoms. The Morgan fingerprint density at radius 2 is 1.95 bits per heavy atom. The van der Waals surface area contributed by atoms with E-state index in [0.29, 0.717) is 25.8 Å². The van der Waals surface area contributed by atoms with Crippen LogP contribution in [0.15, 0.2) is 59.5 Å². The van der Waals surface area contributed by atoms with Gasteiger partial charge < -0.3 is 15.5 Å². The number of amides is 2. The van der Waals surface area contributed by atoms with Gasteiger partial charge in [0, 0.05) is 30.3 Å². The fraction of sp³-hybridized carbons (Fsp3) is 0.379. The Labute approximate surface area is 221 Å². The Hall–Kier alpha value is -3.36. The average molecular weight is 517 g/mol. The van der Waals surface area contributed by atoms with Crippen LogP contribution < -0.4 is 10.6 Å². The maximum Gasteiger partial charge on any atom is 0.250 e. The van der Waals surface area contributed by atoms with Gasteiger partial charge in [-0.05, 0) is 49.6 Å². The Balaban J connectivity index is 1.42. The SMILES string of the molecule is CN[C@@H](C)C(=O)N[C@H](C(=O)N1CCC[C@H]1c1nc(-c2cccc3ccccc23)cs1)C1=CCC(=O)CC1. The van der Waals surface area contributed by atoms with Crippen molar-refractivity contribution in [3.05, 3.63) is 64.5 Å². The summed E-state index contributed by atoms with van der Waals surface area (Å²) in [6.45, 7) is 2.38. The summed E-state index contributed by atoms with van der Waals surface area (Å²) in [4.78, 5) is 45.4. The monoisotopic (exact) mass is 516 g/mol. The first-order valence-electron chi connectivity index (χ1n) is 12.9. The number of nitrogens with one attached hydrogen (secondary N) is 2. The number of benzene rings is 2. The average Bonchev–Trinajstić information content (AvgIpc) is 3.61. The second-order valence-corrected chi connectivity index (χ2v) is 10.7. The number of rotatable bonds is 7. The maximum absolute atomic E-state index is 13.9. The van der Waals surface area contributed by atoms with Gasteiger partial charge in [-0.1, -0.05) is 48.5 Å². The van der Waals surface area contributed by atoms with Crippen LogP contribution in [0, 0.1) is 0 Å². The van der Waals surface area contributed by atoms with E-state index in [2.05, 4.69) is 40.3 Å². The third kappa shape index (κ3) is 5.22. The van der Waals surface area contributed by atoms with Crippen molar-refractivity contribution in [3.8, 4) is 11.3 Å². The molecule has 0 bridgehead atoms. The Morgan fingerprint density at radius 1 is 1.14 bits per heavy atom. The van der Waals surface area contributed by atoms with E-state index in [1.807, 2.05) is 29.2 Å². The molecule has 1 aliphatic carbocycles. The molecular weight excluding hydrogens is 484 g/mol. The number of fused-ring (bicyclic) bond motifs is 1. The molecule has 2 N–H and O–H groups in total. The number of carbonyl (C=O) groups excluding carboxylic acids is 3. The molecule has 2 heterocycles. The number of aromatic nitrogens is 1. The largest absolute Gasteiger partial charge is 0.339 e. The molecule has 5 rings (SSSR count). The number of carbonyl (C=O) groups is 3. The summed E-state index contributed by atoms with van der Waals surface area (Å²) < 4.78 is 0. The molecule has 1 aliphatic heterocycles. The Morgan fingerprint density at radius 3 is 2.73 bits per heavy atom. The molecule has 3 atom stereocenters. The molecule has 1 saturated heterocycles. The molecule has 0 unspecified atom stereocenters. The van der Waals surface area contributed by atoms with Gasteiger partial charge in [0.1, 0.15) is 16.8 Å². The zero-order valence-electron chi connectivity index (χ0n) is 21.2. The zero-order valence-corrected chi connectivity index (χ0v) is 22.0. The lowest BCUT2D eigenvalue weighted by Gasteiger charge is -2.31. The lowest BCUT2D eigenvalue weighted by atomic mass is 9.92. The van der Waals surface area contributed by atoms with Crippen LogP contribution in [0.25, 0.3) is 22.0 Å². The van der Waals surface area contributed by atoms with E-state index in [-0.39, 0.29) is 23.6 Å². The summed E-state index contributed by atoms with van der Waals surface area (Å²) >= 11 is 1.58. The number of allylic oxidation sites excluding steroid dienone is 1. The minimum Gasteiger partial charge on any atom is -0.339 e. The second kappa shape index (κ2) is 10.9. The minimum absolute atomic E-state index is 0.123. The second-order valence-electron chi connectivity index (χ2n) is 9.76. The van der Waals surface area contributed by atoms with E-state index in [0.717, 1.165) is 40.1 Å². The van der Waals surface area contributed by atoms with Gasteiger partial charge in [-0.2, -0.15) is 0 Å². The van der Waals surface area contributed by atoms with Gasteiger partial charge in [0.05, 0.1) is 17.8 Å². The van der Waals surface area contributed by atoms with Crippen molar-refractivity contribution in [3.63, 3.8) is 0 Å². The zero-order chi connectivity index (χ0) is 25.9. The predicted molar refractivity (Wildman–Crippen MR) is 146 cm³/mol. The number of hydrogen-bond acceptors (Lipinski definition) is 6. The third-order valence-corrected chi connectivity index (χ3v) is 8.37. The minimum atomic E-state index is -0.769. The number of thiazole rings is 1. The molecule has 8 heteroatoms. The van der Waals surface area contributed by atoms with Crippen molar-refractivity contribution in [1.29, 1.82) is 0 Å². The summed E-state index contributed by atoms with van der Waals surface area (Å²) in [5, 5.41) is 11.2. The lowest BCUT2D eigenvalue weighted by Crippen LogP contribution is -2.53. The van der Waals surface area contributed by atoms with Crippen LogP contribution in [0.2, 0.25) is 0 Å². The van der Waals surface area contributed by atoms with Crippen LogP contribution in [-0.4, -0.2) is 53.2 Å². The first kappa shape index (κ1) is 25.3. The summed E-state index contributed by atoms with van der Waals surface area (Å²) in [6.07, 6.45) is 4.73. The predicted octanol–water partition coefficient (Wildman–Crippen LogP) is 4.40. The fourth-order valence-corrected chi connectivity index (χ4v) is 6.14. The number of likely N-dealkylation sites (N-methyl/N-ethyl adjacent to an activating group) is 1. The van der Waals surface area contributed by atoms with Crippen LogP contribution in [0.4, 0.5) is 0 Å². The molecule has 2 amide bonds. The van der Waals surface area contributed by atoms with E-state index in [4.69, 9.17) is 4.98 Å². The number of Topliss-reactive ketones (excluding diaryl/α,β-unsaturated/α-hetero) is 1. The third-order valence-electron chi connectivity index (χ3n) is 7.42. The van der Waals surface area contributed by atoms with Gasteiger partial charge in [0.15, 0.2) is 0 Å². The van der Waals surface area contributed by atoms with Crippen molar-refractivity contribution in [2.24, 2.45) is 0 Å². The van der Waals surface area contributed by atoms with E-state index in [1.165, 1.54) is 5.39 Å². The molecule has 1 aromatic heterocycles. The molecular formula is C29H32N4O3S. The highest BCUT2D eigenvalue weighted by Gasteiger charge is 2.38. The maximum atomic E-state index is 13.9. The fourth-order valence-electron chi connectivity index (χ4n) is 5.17. The van der Waals surface area contributed by atoms with Crippen LogP contribution in [0.5, 0.6) is 0 Å².